The summed E-state index contributed by atoms with van der Waals surface area (Å²) in [5, 5.41) is 11.7. The molecule has 1 aromatic heterocycles. The molecule has 2 nitrogen and oxygen atoms in total. The maximum atomic E-state index is 9.56. The van der Waals surface area contributed by atoms with Crippen molar-refractivity contribution in [3.8, 4) is 0 Å². The number of aliphatic hydroxyl groups excluding tert-OH is 1. The van der Waals surface area contributed by atoms with Crippen LogP contribution in [-0.4, -0.2) is 34.6 Å². The van der Waals surface area contributed by atoms with E-state index in [1.54, 1.807) is 11.3 Å². The van der Waals surface area contributed by atoms with Crippen LogP contribution >= 0.6 is 22.9 Å². The minimum absolute atomic E-state index is 0.327. The smallest absolute Gasteiger partial charge is 0.0802 e. The van der Waals surface area contributed by atoms with Gasteiger partial charge in [-0.05, 0) is 24.3 Å². The van der Waals surface area contributed by atoms with Crippen LogP contribution in [-0.2, 0) is 6.54 Å². The predicted molar refractivity (Wildman–Crippen MR) is 64.5 cm³/mol. The third kappa shape index (κ3) is 3.45. The molecule has 15 heavy (non-hydrogen) atoms. The van der Waals surface area contributed by atoms with E-state index in [-0.39, 0.29) is 0 Å². The van der Waals surface area contributed by atoms with Crippen molar-refractivity contribution in [1.82, 2.24) is 4.90 Å². The summed E-state index contributed by atoms with van der Waals surface area (Å²) in [5.41, 5.74) is 0. The molecule has 4 heteroatoms. The van der Waals surface area contributed by atoms with Crippen molar-refractivity contribution in [2.75, 3.05) is 12.4 Å². The van der Waals surface area contributed by atoms with Crippen LogP contribution in [0.2, 0.25) is 0 Å². The predicted octanol–water partition coefficient (Wildman–Crippen LogP) is 2.31. The van der Waals surface area contributed by atoms with Crippen LogP contribution < -0.4 is 0 Å². The molecule has 0 saturated heterocycles. The molecule has 1 fully saturated rings. The molecule has 2 rings (SSSR count). The third-order valence-electron chi connectivity index (χ3n) is 2.63. The van der Waals surface area contributed by atoms with Gasteiger partial charge in [0.1, 0.15) is 0 Å². The summed E-state index contributed by atoms with van der Waals surface area (Å²) in [6.07, 6.45) is 2.13. The molecule has 1 atom stereocenters. The molecule has 0 aliphatic heterocycles. The van der Waals surface area contributed by atoms with Gasteiger partial charge in [0.15, 0.2) is 0 Å². The molecule has 0 spiro atoms. The van der Waals surface area contributed by atoms with Gasteiger partial charge in [-0.1, -0.05) is 6.07 Å². The average Bonchev–Trinajstić information content (AvgIpc) is 2.97. The van der Waals surface area contributed by atoms with E-state index < -0.39 is 6.10 Å². The molecule has 0 bridgehead atoms. The lowest BCUT2D eigenvalue weighted by Crippen LogP contribution is -2.34. The van der Waals surface area contributed by atoms with Crippen LogP contribution in [0, 0.1) is 0 Å². The first-order valence-corrected chi connectivity index (χ1v) is 6.71. The Hall–Kier alpha value is -0.0900. The summed E-state index contributed by atoms with van der Waals surface area (Å²) in [4.78, 5) is 3.71. The molecular weight excluding hydrogens is 230 g/mol. The number of halogens is 1. The van der Waals surface area contributed by atoms with Crippen molar-refractivity contribution in [3.05, 3.63) is 22.4 Å². The first-order valence-electron chi connectivity index (χ1n) is 5.30. The lowest BCUT2D eigenvalue weighted by atomic mass is 10.3. The topological polar surface area (TPSA) is 23.5 Å². The maximum Gasteiger partial charge on any atom is 0.0802 e. The standard InChI is InChI=1S/C11H16ClNOS/c12-6-10(14)7-13(9-3-4-9)8-11-2-1-5-15-11/h1-2,5,9-10,14H,3-4,6-8H2. The molecule has 0 aromatic carbocycles. The van der Waals surface area contributed by atoms with E-state index in [9.17, 15) is 5.11 Å². The van der Waals surface area contributed by atoms with E-state index in [1.807, 2.05) is 0 Å². The van der Waals surface area contributed by atoms with Crippen LogP contribution in [0.15, 0.2) is 17.5 Å². The summed E-state index contributed by atoms with van der Waals surface area (Å²) < 4.78 is 0. The van der Waals surface area contributed by atoms with Crippen molar-refractivity contribution in [2.45, 2.75) is 31.5 Å². The fourth-order valence-electron chi connectivity index (χ4n) is 1.70. The van der Waals surface area contributed by atoms with Gasteiger partial charge in [-0.25, -0.2) is 0 Å². The van der Waals surface area contributed by atoms with E-state index in [2.05, 4.69) is 22.4 Å². The molecule has 1 heterocycles. The normalized spacial score (nSPS) is 18.3. The summed E-state index contributed by atoms with van der Waals surface area (Å²) in [7, 11) is 0. The fraction of sp³-hybridized carbons (Fsp3) is 0.636. The molecule has 0 amide bonds. The molecule has 1 saturated carbocycles. The summed E-state index contributed by atoms with van der Waals surface area (Å²) >= 11 is 7.40. The molecule has 84 valence electrons. The Morgan fingerprint density at radius 2 is 2.40 bits per heavy atom. The van der Waals surface area contributed by atoms with Crippen LogP contribution in [0.3, 0.4) is 0 Å². The Morgan fingerprint density at radius 1 is 1.60 bits per heavy atom. The van der Waals surface area contributed by atoms with Crippen molar-refractivity contribution in [3.63, 3.8) is 0 Å². The Morgan fingerprint density at radius 3 is 2.93 bits per heavy atom. The van der Waals surface area contributed by atoms with Crippen LogP contribution in [0.1, 0.15) is 17.7 Å². The molecule has 0 radical (unpaired) electrons. The van der Waals surface area contributed by atoms with Crippen molar-refractivity contribution >= 4 is 22.9 Å². The second-order valence-electron chi connectivity index (χ2n) is 4.05. The molecule has 1 aromatic rings. The molecule has 1 aliphatic carbocycles. The zero-order chi connectivity index (χ0) is 10.7. The molecule has 1 N–H and O–H groups in total. The highest BCUT2D eigenvalue weighted by atomic mass is 35.5. The van der Waals surface area contributed by atoms with Gasteiger partial charge in [0, 0.05) is 29.9 Å². The number of nitrogens with zero attached hydrogens (tertiary/aromatic N) is 1. The van der Waals surface area contributed by atoms with E-state index >= 15 is 0 Å². The Labute approximate surface area is 99.5 Å². The van der Waals surface area contributed by atoms with Gasteiger partial charge in [-0.3, -0.25) is 4.90 Å². The second-order valence-corrected chi connectivity index (χ2v) is 5.39. The number of alkyl halides is 1. The maximum absolute atomic E-state index is 9.56. The second kappa shape index (κ2) is 5.30. The highest BCUT2D eigenvalue weighted by Gasteiger charge is 2.30. The van der Waals surface area contributed by atoms with Gasteiger partial charge >= 0.3 is 0 Å². The number of hydrogen-bond donors (Lipinski definition) is 1. The van der Waals surface area contributed by atoms with E-state index in [0.29, 0.717) is 18.5 Å². The SMILES string of the molecule is OC(CCl)CN(Cc1cccs1)C1CC1. The van der Waals surface area contributed by atoms with Crippen LogP contribution in [0.25, 0.3) is 0 Å². The van der Waals surface area contributed by atoms with Crippen molar-refractivity contribution in [2.24, 2.45) is 0 Å². The average molecular weight is 246 g/mol. The first-order chi connectivity index (χ1) is 7.29. The quantitative estimate of drug-likeness (QED) is 0.778. The van der Waals surface area contributed by atoms with Gasteiger partial charge in [-0.15, -0.1) is 22.9 Å². The summed E-state index contributed by atoms with van der Waals surface area (Å²) in [6.45, 7) is 1.66. The minimum atomic E-state index is -0.396. The number of aliphatic hydroxyl groups is 1. The largest absolute Gasteiger partial charge is 0.391 e. The van der Waals surface area contributed by atoms with Gasteiger partial charge in [-0.2, -0.15) is 0 Å². The molecule has 1 unspecified atom stereocenters. The van der Waals surface area contributed by atoms with E-state index in [4.69, 9.17) is 11.6 Å². The van der Waals surface area contributed by atoms with Crippen molar-refractivity contribution in [1.29, 1.82) is 0 Å². The minimum Gasteiger partial charge on any atom is -0.391 e. The Kier molecular flexibility index (Phi) is 4.03. The molecular formula is C11H16ClNOS. The van der Waals surface area contributed by atoms with Gasteiger partial charge < -0.3 is 5.11 Å². The summed E-state index contributed by atoms with van der Waals surface area (Å²) in [6, 6.07) is 4.89. The zero-order valence-electron chi connectivity index (χ0n) is 8.60. The van der Waals surface area contributed by atoms with Crippen molar-refractivity contribution < 1.29 is 5.11 Å². The number of thiophene rings is 1. The lowest BCUT2D eigenvalue weighted by Gasteiger charge is -2.23. The third-order valence-corrected chi connectivity index (χ3v) is 3.84. The van der Waals surface area contributed by atoms with E-state index in [0.717, 1.165) is 6.54 Å². The Bertz CT molecular complexity index is 287. The highest BCUT2D eigenvalue weighted by Crippen LogP contribution is 2.29. The van der Waals surface area contributed by atoms with E-state index in [1.165, 1.54) is 17.7 Å². The van der Waals surface area contributed by atoms with Gasteiger partial charge in [0.25, 0.3) is 0 Å². The van der Waals surface area contributed by atoms with Gasteiger partial charge in [0.2, 0.25) is 0 Å². The van der Waals surface area contributed by atoms with Crippen LogP contribution in [0.5, 0.6) is 0 Å². The Balaban J connectivity index is 1.88. The van der Waals surface area contributed by atoms with Crippen LogP contribution in [0.4, 0.5) is 0 Å². The molecule has 1 aliphatic rings. The summed E-state index contributed by atoms with van der Waals surface area (Å²) in [5.74, 6) is 0.327. The van der Waals surface area contributed by atoms with Gasteiger partial charge in [0.05, 0.1) is 6.10 Å². The number of rotatable bonds is 6. The lowest BCUT2D eigenvalue weighted by molar-refractivity contribution is 0.120. The number of hydrogen-bond acceptors (Lipinski definition) is 3. The first kappa shape index (κ1) is 11.4. The zero-order valence-corrected chi connectivity index (χ0v) is 10.2. The highest BCUT2D eigenvalue weighted by molar-refractivity contribution is 7.09. The monoisotopic (exact) mass is 245 g/mol. The fourth-order valence-corrected chi connectivity index (χ4v) is 2.53.